The van der Waals surface area contributed by atoms with Gasteiger partial charge in [0.1, 0.15) is 16.6 Å². The van der Waals surface area contributed by atoms with Crippen LogP contribution in [0.3, 0.4) is 0 Å². The number of anilines is 1. The van der Waals surface area contributed by atoms with Crippen molar-refractivity contribution in [2.75, 3.05) is 19.1 Å². The van der Waals surface area contributed by atoms with Crippen LogP contribution in [0.4, 0.5) is 10.1 Å². The van der Waals surface area contributed by atoms with Crippen LogP contribution in [0.25, 0.3) is 16.7 Å². The molecule has 1 atom stereocenters. The number of halogens is 3. The summed E-state index contributed by atoms with van der Waals surface area (Å²) in [5.41, 5.74) is 1.16. The van der Waals surface area contributed by atoms with E-state index >= 15 is 0 Å². The summed E-state index contributed by atoms with van der Waals surface area (Å²) in [4.78, 5) is 31.1. The highest BCUT2D eigenvalue weighted by Gasteiger charge is 2.48. The number of carbonyl (C=O) groups excluding carboxylic acids is 2. The number of ketones is 1. The fourth-order valence-electron chi connectivity index (χ4n) is 4.63. The summed E-state index contributed by atoms with van der Waals surface area (Å²) in [6.45, 7) is 0. The number of aromatic amines is 1. The lowest BCUT2D eigenvalue weighted by Crippen LogP contribution is -2.29. The molecule has 10 heteroatoms. The zero-order valence-electron chi connectivity index (χ0n) is 19.5. The van der Waals surface area contributed by atoms with Gasteiger partial charge in [-0.15, -0.1) is 0 Å². The molecule has 2 heterocycles. The predicted molar refractivity (Wildman–Crippen MR) is 139 cm³/mol. The molecule has 1 fully saturated rings. The first kappa shape index (κ1) is 24.7. The number of para-hydroxylation sites is 1. The molecule has 1 saturated heterocycles. The normalized spacial score (nSPS) is 17.0. The van der Waals surface area contributed by atoms with Gasteiger partial charge >= 0.3 is 0 Å². The Bertz CT molecular complexity index is 1610. The highest BCUT2D eigenvalue weighted by molar-refractivity contribution is 6.52. The van der Waals surface area contributed by atoms with E-state index in [1.165, 1.54) is 38.5 Å². The lowest BCUT2D eigenvalue weighted by atomic mass is 9.94. The Morgan fingerprint density at radius 3 is 2.46 bits per heavy atom. The minimum absolute atomic E-state index is 0.00459. The van der Waals surface area contributed by atoms with Gasteiger partial charge in [-0.05, 0) is 30.3 Å². The Kier molecular flexibility index (Phi) is 6.31. The zero-order chi connectivity index (χ0) is 26.4. The van der Waals surface area contributed by atoms with E-state index in [0.717, 1.165) is 16.5 Å². The largest absolute Gasteiger partial charge is 0.507 e. The number of rotatable bonds is 5. The number of fused-ring (bicyclic) bond motifs is 1. The smallest absolute Gasteiger partial charge is 0.300 e. The number of nitrogens with zero attached hydrogens (tertiary/aromatic N) is 1. The maximum atomic E-state index is 14.2. The molecular formula is C27H19Cl2FN2O5. The van der Waals surface area contributed by atoms with Crippen LogP contribution in [0, 0.1) is 5.82 Å². The maximum Gasteiger partial charge on any atom is 0.300 e. The molecule has 0 radical (unpaired) electrons. The number of aliphatic hydroxyl groups excluding tert-OH is 1. The van der Waals surface area contributed by atoms with E-state index in [1.807, 2.05) is 18.2 Å². The van der Waals surface area contributed by atoms with E-state index in [1.54, 1.807) is 12.3 Å². The summed E-state index contributed by atoms with van der Waals surface area (Å²) in [5, 5.41) is 12.3. The molecule has 37 heavy (non-hydrogen) atoms. The van der Waals surface area contributed by atoms with Crippen molar-refractivity contribution in [2.24, 2.45) is 0 Å². The fourth-order valence-corrected chi connectivity index (χ4v) is 5.32. The van der Waals surface area contributed by atoms with Crippen LogP contribution < -0.4 is 14.4 Å². The average Bonchev–Trinajstić information content (AvgIpc) is 3.42. The van der Waals surface area contributed by atoms with Gasteiger partial charge in [-0.1, -0.05) is 47.5 Å². The number of benzene rings is 3. The molecule has 7 nitrogen and oxygen atoms in total. The monoisotopic (exact) mass is 540 g/mol. The number of nitrogens with one attached hydrogen (secondary N) is 1. The van der Waals surface area contributed by atoms with Crippen LogP contribution in [0.1, 0.15) is 17.2 Å². The van der Waals surface area contributed by atoms with Crippen molar-refractivity contribution in [2.45, 2.75) is 6.04 Å². The number of H-pyrrole nitrogens is 1. The van der Waals surface area contributed by atoms with Crippen LogP contribution in [-0.2, 0) is 9.59 Å². The van der Waals surface area contributed by atoms with Crippen molar-refractivity contribution in [1.82, 2.24) is 4.98 Å². The molecule has 1 amide bonds. The number of aromatic nitrogens is 1. The van der Waals surface area contributed by atoms with E-state index in [4.69, 9.17) is 32.7 Å². The van der Waals surface area contributed by atoms with Crippen LogP contribution >= 0.6 is 23.2 Å². The molecule has 0 saturated carbocycles. The number of ether oxygens (including phenoxy) is 2. The third-order valence-electron chi connectivity index (χ3n) is 6.24. The first-order chi connectivity index (χ1) is 17.8. The molecule has 3 aromatic carbocycles. The SMILES string of the molecule is COc1c(Cl)cc(/C(O)=C2\C(=O)C(=O)N(c3cccc(F)c3)C2c2c[nH]c3ccccc23)c(OC)c1Cl. The van der Waals surface area contributed by atoms with E-state index in [9.17, 15) is 19.1 Å². The Morgan fingerprint density at radius 1 is 1.03 bits per heavy atom. The zero-order valence-corrected chi connectivity index (χ0v) is 21.0. The number of methoxy groups -OCH3 is 2. The molecule has 1 unspecified atom stereocenters. The highest BCUT2D eigenvalue weighted by atomic mass is 35.5. The Morgan fingerprint density at radius 2 is 1.76 bits per heavy atom. The van der Waals surface area contributed by atoms with Gasteiger partial charge < -0.3 is 19.6 Å². The molecule has 1 aromatic heterocycles. The predicted octanol–water partition coefficient (Wildman–Crippen LogP) is 6.26. The summed E-state index contributed by atoms with van der Waals surface area (Å²) in [7, 11) is 2.70. The summed E-state index contributed by atoms with van der Waals surface area (Å²) in [6.07, 6.45) is 1.64. The van der Waals surface area contributed by atoms with Gasteiger partial charge in [0.25, 0.3) is 11.7 Å². The average molecular weight is 541 g/mol. The number of hydrogen-bond acceptors (Lipinski definition) is 5. The number of Topliss-reactive ketones (excluding diaryl/α,β-unsaturated/α-hetero) is 1. The fraction of sp³-hybridized carbons (Fsp3) is 0.111. The molecule has 5 rings (SSSR count). The minimum Gasteiger partial charge on any atom is -0.507 e. The standard InChI is InChI=1S/C27H19Cl2FN2O5/c1-36-25-16(11-18(28)26(37-2)21(25)29)23(33)20-22(17-12-31-19-9-4-3-8-15(17)19)32(27(35)24(20)34)14-7-5-6-13(30)10-14/h3-12,22,31,33H,1-2H3/b23-20+. The number of carbonyl (C=O) groups is 2. The van der Waals surface area contributed by atoms with Gasteiger partial charge in [0.2, 0.25) is 0 Å². The van der Waals surface area contributed by atoms with Crippen LogP contribution in [-0.4, -0.2) is 36.0 Å². The van der Waals surface area contributed by atoms with Gasteiger partial charge in [0.15, 0.2) is 11.5 Å². The quantitative estimate of drug-likeness (QED) is 0.177. The van der Waals surface area contributed by atoms with Crippen LogP contribution in [0.2, 0.25) is 10.0 Å². The van der Waals surface area contributed by atoms with Crippen LogP contribution in [0.15, 0.2) is 66.4 Å². The molecule has 0 spiro atoms. The van der Waals surface area contributed by atoms with Gasteiger partial charge in [0, 0.05) is 28.4 Å². The van der Waals surface area contributed by atoms with Gasteiger partial charge in [0.05, 0.1) is 36.4 Å². The Hall–Kier alpha value is -4.01. The lowest BCUT2D eigenvalue weighted by Gasteiger charge is -2.25. The second-order valence-electron chi connectivity index (χ2n) is 8.22. The Labute approximate surface area is 220 Å². The van der Waals surface area contributed by atoms with Crippen molar-refractivity contribution in [1.29, 1.82) is 0 Å². The summed E-state index contributed by atoms with van der Waals surface area (Å²) in [6, 6.07) is 12.8. The number of amides is 1. The molecule has 188 valence electrons. The summed E-state index contributed by atoms with van der Waals surface area (Å²) < 4.78 is 24.8. The lowest BCUT2D eigenvalue weighted by molar-refractivity contribution is -0.132. The molecule has 0 bridgehead atoms. The molecular weight excluding hydrogens is 522 g/mol. The van der Waals surface area contributed by atoms with Crippen molar-refractivity contribution >= 4 is 57.2 Å². The van der Waals surface area contributed by atoms with Crippen molar-refractivity contribution in [3.8, 4) is 11.5 Å². The van der Waals surface area contributed by atoms with E-state index in [-0.39, 0.29) is 38.4 Å². The molecule has 0 aliphatic carbocycles. The molecule has 1 aliphatic rings. The molecule has 2 N–H and O–H groups in total. The van der Waals surface area contributed by atoms with E-state index < -0.39 is 29.3 Å². The van der Waals surface area contributed by atoms with Crippen LogP contribution in [0.5, 0.6) is 11.5 Å². The Balaban J connectivity index is 1.83. The minimum atomic E-state index is -1.11. The second kappa shape index (κ2) is 9.46. The third kappa shape index (κ3) is 3.89. The topological polar surface area (TPSA) is 91.9 Å². The van der Waals surface area contributed by atoms with Crippen molar-refractivity contribution in [3.05, 3.63) is 93.4 Å². The summed E-state index contributed by atoms with van der Waals surface area (Å²) >= 11 is 12.7. The van der Waals surface area contributed by atoms with Crippen molar-refractivity contribution < 1.29 is 28.6 Å². The van der Waals surface area contributed by atoms with E-state index in [2.05, 4.69) is 4.98 Å². The van der Waals surface area contributed by atoms with Gasteiger partial charge in [-0.3, -0.25) is 14.5 Å². The van der Waals surface area contributed by atoms with Gasteiger partial charge in [-0.2, -0.15) is 0 Å². The highest BCUT2D eigenvalue weighted by Crippen LogP contribution is 2.48. The first-order valence-electron chi connectivity index (χ1n) is 11.0. The van der Waals surface area contributed by atoms with E-state index in [0.29, 0.717) is 10.9 Å². The number of hydrogen-bond donors (Lipinski definition) is 2. The third-order valence-corrected chi connectivity index (χ3v) is 6.87. The number of aliphatic hydroxyl groups is 1. The summed E-state index contributed by atoms with van der Waals surface area (Å²) in [5.74, 6) is -2.95. The van der Waals surface area contributed by atoms with Crippen molar-refractivity contribution in [3.63, 3.8) is 0 Å². The molecule has 4 aromatic rings. The maximum absolute atomic E-state index is 14.2. The molecule has 1 aliphatic heterocycles. The second-order valence-corrected chi connectivity index (χ2v) is 9.01. The van der Waals surface area contributed by atoms with Gasteiger partial charge in [-0.25, -0.2) is 4.39 Å². The first-order valence-corrected chi connectivity index (χ1v) is 11.8.